The number of para-hydroxylation sites is 1. The van der Waals surface area contributed by atoms with E-state index in [-0.39, 0.29) is 5.91 Å². The van der Waals surface area contributed by atoms with E-state index in [4.69, 9.17) is 0 Å². The van der Waals surface area contributed by atoms with E-state index in [0.717, 1.165) is 11.3 Å². The fourth-order valence-electron chi connectivity index (χ4n) is 1.69. The van der Waals surface area contributed by atoms with Crippen LogP contribution in [-0.2, 0) is 4.79 Å². The van der Waals surface area contributed by atoms with Crippen LogP contribution in [0.3, 0.4) is 0 Å². The molecule has 0 N–H and O–H groups in total. The Bertz CT molecular complexity index is 532. The van der Waals surface area contributed by atoms with Gasteiger partial charge >= 0.3 is 0 Å². The minimum absolute atomic E-state index is 0.00613. The van der Waals surface area contributed by atoms with Gasteiger partial charge in [0, 0.05) is 18.8 Å². The summed E-state index contributed by atoms with van der Waals surface area (Å²) in [6, 6.07) is 19.5. The predicted molar refractivity (Wildman–Crippen MR) is 75.1 cm³/mol. The molecule has 0 saturated carbocycles. The van der Waals surface area contributed by atoms with Crippen molar-refractivity contribution in [1.82, 2.24) is 0 Å². The van der Waals surface area contributed by atoms with E-state index in [1.807, 2.05) is 66.7 Å². The Morgan fingerprint density at radius 2 is 1.50 bits per heavy atom. The molecule has 0 atom stereocenters. The Morgan fingerprint density at radius 3 is 2.06 bits per heavy atom. The van der Waals surface area contributed by atoms with Crippen LogP contribution >= 0.6 is 0 Å². The van der Waals surface area contributed by atoms with Crippen LogP contribution in [0.5, 0.6) is 0 Å². The van der Waals surface area contributed by atoms with Crippen molar-refractivity contribution in [1.29, 1.82) is 0 Å². The number of carbonyl (C=O) groups is 1. The van der Waals surface area contributed by atoms with Crippen LogP contribution < -0.4 is 4.90 Å². The van der Waals surface area contributed by atoms with Crippen molar-refractivity contribution in [3.63, 3.8) is 0 Å². The highest BCUT2D eigenvalue weighted by Gasteiger charge is 2.06. The van der Waals surface area contributed by atoms with E-state index in [1.165, 1.54) is 0 Å². The minimum Gasteiger partial charge on any atom is -0.288 e. The molecule has 0 unspecified atom stereocenters. The first kappa shape index (κ1) is 12.1. The topological polar surface area (TPSA) is 20.3 Å². The van der Waals surface area contributed by atoms with Crippen LogP contribution in [-0.4, -0.2) is 5.91 Å². The van der Waals surface area contributed by atoms with E-state index >= 15 is 0 Å². The fraction of sp³-hybridized carbons (Fsp3) is 0.0625. The summed E-state index contributed by atoms with van der Waals surface area (Å²) in [5.74, 6) is -0.00613. The smallest absolute Gasteiger partial charge is 0.227 e. The first-order valence-electron chi connectivity index (χ1n) is 5.85. The maximum atomic E-state index is 11.6. The second-order valence-corrected chi connectivity index (χ2v) is 3.95. The number of hydrogen-bond acceptors (Lipinski definition) is 1. The molecule has 0 radical (unpaired) electrons. The summed E-state index contributed by atoms with van der Waals surface area (Å²) in [4.78, 5) is 13.3. The van der Waals surface area contributed by atoms with Gasteiger partial charge in [0.2, 0.25) is 5.91 Å². The summed E-state index contributed by atoms with van der Waals surface area (Å²) < 4.78 is 0. The summed E-state index contributed by atoms with van der Waals surface area (Å²) in [6.07, 6.45) is 3.72. The molecule has 0 spiro atoms. The molecule has 0 saturated heterocycles. The zero-order chi connectivity index (χ0) is 12.8. The number of rotatable bonds is 3. The lowest BCUT2D eigenvalue weighted by atomic mass is 10.2. The highest BCUT2D eigenvalue weighted by molar-refractivity contribution is 5.94. The van der Waals surface area contributed by atoms with Crippen molar-refractivity contribution >= 4 is 17.7 Å². The first-order chi connectivity index (χ1) is 8.77. The molecule has 0 aliphatic carbocycles. The van der Waals surface area contributed by atoms with Gasteiger partial charge < -0.3 is 0 Å². The highest BCUT2D eigenvalue weighted by Crippen LogP contribution is 2.15. The highest BCUT2D eigenvalue weighted by atomic mass is 16.2. The Balaban J connectivity index is 2.23. The molecule has 0 fully saturated rings. The van der Waals surface area contributed by atoms with Crippen LogP contribution in [0.1, 0.15) is 12.5 Å². The SMILES string of the molecule is CC(=O)N(/C=C\c1ccccc1)c1ccccc1. The van der Waals surface area contributed by atoms with E-state index in [1.54, 1.807) is 18.0 Å². The lowest BCUT2D eigenvalue weighted by Crippen LogP contribution is -2.21. The zero-order valence-corrected chi connectivity index (χ0v) is 10.3. The monoisotopic (exact) mass is 237 g/mol. The quantitative estimate of drug-likeness (QED) is 0.796. The van der Waals surface area contributed by atoms with Crippen molar-refractivity contribution in [2.24, 2.45) is 0 Å². The zero-order valence-electron chi connectivity index (χ0n) is 10.3. The summed E-state index contributed by atoms with van der Waals surface area (Å²) in [6.45, 7) is 1.56. The second kappa shape index (κ2) is 5.82. The average Bonchev–Trinajstić information content (AvgIpc) is 2.41. The summed E-state index contributed by atoms with van der Waals surface area (Å²) in [7, 11) is 0. The molecule has 90 valence electrons. The van der Waals surface area contributed by atoms with Crippen LogP contribution in [0.15, 0.2) is 66.9 Å². The number of nitrogens with zero attached hydrogens (tertiary/aromatic N) is 1. The van der Waals surface area contributed by atoms with E-state index in [9.17, 15) is 4.79 Å². The van der Waals surface area contributed by atoms with E-state index in [2.05, 4.69) is 0 Å². The number of benzene rings is 2. The number of carbonyl (C=O) groups excluding carboxylic acids is 1. The van der Waals surface area contributed by atoms with Gasteiger partial charge in [-0.15, -0.1) is 0 Å². The molecule has 18 heavy (non-hydrogen) atoms. The maximum Gasteiger partial charge on any atom is 0.227 e. The van der Waals surface area contributed by atoms with Crippen molar-refractivity contribution in [2.45, 2.75) is 6.92 Å². The van der Waals surface area contributed by atoms with Crippen molar-refractivity contribution < 1.29 is 4.79 Å². The largest absolute Gasteiger partial charge is 0.288 e. The van der Waals surface area contributed by atoms with Gasteiger partial charge in [0.1, 0.15) is 0 Å². The van der Waals surface area contributed by atoms with Crippen LogP contribution in [0.25, 0.3) is 6.08 Å². The first-order valence-corrected chi connectivity index (χ1v) is 5.85. The summed E-state index contributed by atoms with van der Waals surface area (Å²) in [5.41, 5.74) is 1.94. The molecule has 0 aliphatic rings. The molecule has 2 rings (SSSR count). The molecular formula is C16H15NO. The molecule has 2 aromatic carbocycles. The van der Waals surface area contributed by atoms with Crippen LogP contribution in [0, 0.1) is 0 Å². The molecular weight excluding hydrogens is 222 g/mol. The maximum absolute atomic E-state index is 11.6. The van der Waals surface area contributed by atoms with Gasteiger partial charge in [0.25, 0.3) is 0 Å². The second-order valence-electron chi connectivity index (χ2n) is 3.95. The lowest BCUT2D eigenvalue weighted by Gasteiger charge is -2.16. The summed E-state index contributed by atoms with van der Waals surface area (Å²) >= 11 is 0. The van der Waals surface area contributed by atoms with Gasteiger partial charge in [-0.05, 0) is 23.8 Å². The third kappa shape index (κ3) is 3.08. The molecule has 0 bridgehead atoms. The van der Waals surface area contributed by atoms with E-state index < -0.39 is 0 Å². The van der Waals surface area contributed by atoms with Crippen molar-refractivity contribution in [2.75, 3.05) is 4.90 Å². The number of amides is 1. The Kier molecular flexibility index (Phi) is 3.92. The molecule has 2 heteroatoms. The Hall–Kier alpha value is -2.35. The minimum atomic E-state index is -0.00613. The van der Waals surface area contributed by atoms with E-state index in [0.29, 0.717) is 0 Å². The number of anilines is 1. The third-order valence-electron chi connectivity index (χ3n) is 2.59. The summed E-state index contributed by atoms with van der Waals surface area (Å²) in [5, 5.41) is 0. The van der Waals surface area contributed by atoms with Crippen LogP contribution in [0.2, 0.25) is 0 Å². The van der Waals surface area contributed by atoms with Gasteiger partial charge in [-0.3, -0.25) is 9.69 Å². The van der Waals surface area contributed by atoms with Gasteiger partial charge in [-0.2, -0.15) is 0 Å². The third-order valence-corrected chi connectivity index (χ3v) is 2.59. The number of hydrogen-bond donors (Lipinski definition) is 0. The molecule has 0 aliphatic heterocycles. The van der Waals surface area contributed by atoms with Gasteiger partial charge in [0.05, 0.1) is 0 Å². The fourth-order valence-corrected chi connectivity index (χ4v) is 1.69. The van der Waals surface area contributed by atoms with Crippen molar-refractivity contribution in [3.8, 4) is 0 Å². The molecule has 2 nitrogen and oxygen atoms in total. The predicted octanol–water partition coefficient (Wildman–Crippen LogP) is 3.71. The molecule has 0 heterocycles. The molecule has 2 aromatic rings. The average molecular weight is 237 g/mol. The van der Waals surface area contributed by atoms with Crippen molar-refractivity contribution in [3.05, 3.63) is 72.4 Å². The van der Waals surface area contributed by atoms with Gasteiger partial charge in [-0.25, -0.2) is 0 Å². The normalized spacial score (nSPS) is 10.5. The standard InChI is InChI=1S/C16H15NO/c1-14(18)17(16-10-6-3-7-11-16)13-12-15-8-4-2-5-9-15/h2-13H,1H3/b13-12-. The van der Waals surface area contributed by atoms with Gasteiger partial charge in [0.15, 0.2) is 0 Å². The molecule has 1 amide bonds. The van der Waals surface area contributed by atoms with Gasteiger partial charge in [-0.1, -0.05) is 48.5 Å². The molecule has 0 aromatic heterocycles. The Morgan fingerprint density at radius 1 is 0.944 bits per heavy atom. The Labute approximate surface area is 107 Å². The lowest BCUT2D eigenvalue weighted by molar-refractivity contribution is -0.115. The van der Waals surface area contributed by atoms with Crippen LogP contribution in [0.4, 0.5) is 5.69 Å².